The molecular formula is C25H20FN5O3S2. The Labute approximate surface area is 211 Å². The topological polar surface area (TPSA) is 116 Å². The van der Waals surface area contributed by atoms with Crippen molar-refractivity contribution in [1.29, 1.82) is 5.26 Å². The second-order valence-corrected chi connectivity index (χ2v) is 10.7. The van der Waals surface area contributed by atoms with Crippen molar-refractivity contribution in [2.45, 2.75) is 19.2 Å². The smallest absolute Gasteiger partial charge is 0.284 e. The minimum Gasteiger partial charge on any atom is -0.313 e. The molecule has 2 aromatic heterocycles. The van der Waals surface area contributed by atoms with Gasteiger partial charge in [-0.05, 0) is 60.5 Å². The van der Waals surface area contributed by atoms with E-state index in [0.717, 1.165) is 5.56 Å². The van der Waals surface area contributed by atoms with Crippen LogP contribution in [0.3, 0.4) is 0 Å². The maximum absolute atomic E-state index is 13.4. The summed E-state index contributed by atoms with van der Waals surface area (Å²) in [4.78, 5) is 23.5. The van der Waals surface area contributed by atoms with Crippen molar-refractivity contribution in [3.05, 3.63) is 106 Å². The van der Waals surface area contributed by atoms with Crippen molar-refractivity contribution in [3.63, 3.8) is 0 Å². The van der Waals surface area contributed by atoms with Crippen LogP contribution >= 0.6 is 11.3 Å². The summed E-state index contributed by atoms with van der Waals surface area (Å²) in [5.41, 5.74) is 2.40. The van der Waals surface area contributed by atoms with E-state index in [-0.39, 0.29) is 11.5 Å². The molecule has 1 N–H and O–H groups in total. The molecule has 0 aliphatic heterocycles. The summed E-state index contributed by atoms with van der Waals surface area (Å²) in [6, 6.07) is 18.1. The lowest BCUT2D eigenvalue weighted by atomic mass is 10.1. The van der Waals surface area contributed by atoms with Crippen LogP contribution in [0, 0.1) is 24.1 Å². The van der Waals surface area contributed by atoms with Gasteiger partial charge in [0.2, 0.25) is 10.0 Å². The average molecular weight is 522 g/mol. The van der Waals surface area contributed by atoms with Crippen LogP contribution in [0.4, 0.5) is 15.2 Å². The van der Waals surface area contributed by atoms with Gasteiger partial charge in [0.15, 0.2) is 5.13 Å². The number of thiazole rings is 1. The van der Waals surface area contributed by atoms with Gasteiger partial charge in [-0.2, -0.15) is 5.26 Å². The molecule has 4 aromatic rings. The third kappa shape index (κ3) is 6.10. The molecular weight excluding hydrogens is 501 g/mol. The predicted molar refractivity (Wildman–Crippen MR) is 135 cm³/mol. The third-order valence-corrected chi connectivity index (χ3v) is 7.32. The monoisotopic (exact) mass is 521 g/mol. The van der Waals surface area contributed by atoms with E-state index in [0.29, 0.717) is 33.4 Å². The number of rotatable bonds is 8. The number of carbonyl (C=O) groups is 1. The Morgan fingerprint density at radius 1 is 1.11 bits per heavy atom. The number of nitriles is 1. The largest absolute Gasteiger partial charge is 0.313 e. The predicted octanol–water partition coefficient (Wildman–Crippen LogP) is 4.46. The first kappa shape index (κ1) is 25.0. The second-order valence-electron chi connectivity index (χ2n) is 7.82. The molecule has 11 heteroatoms. The lowest BCUT2D eigenvalue weighted by Crippen LogP contribution is -2.32. The van der Waals surface area contributed by atoms with E-state index in [1.54, 1.807) is 55.5 Å². The van der Waals surface area contributed by atoms with Crippen LogP contribution in [0.25, 0.3) is 0 Å². The molecule has 0 saturated carbocycles. The molecule has 36 heavy (non-hydrogen) atoms. The van der Waals surface area contributed by atoms with Crippen molar-refractivity contribution >= 4 is 38.1 Å². The molecule has 0 aliphatic rings. The lowest BCUT2D eigenvalue weighted by Gasteiger charge is -2.22. The van der Waals surface area contributed by atoms with E-state index in [1.807, 2.05) is 4.90 Å². The first-order chi connectivity index (χ1) is 17.2. The number of benzene rings is 2. The Kier molecular flexibility index (Phi) is 7.38. The minimum atomic E-state index is -3.98. The molecule has 0 radical (unpaired) electrons. The lowest BCUT2D eigenvalue weighted by molar-refractivity contribution is 0.0976. The van der Waals surface area contributed by atoms with E-state index in [1.165, 1.54) is 35.9 Å². The van der Waals surface area contributed by atoms with Gasteiger partial charge < -0.3 is 4.90 Å². The zero-order valence-electron chi connectivity index (χ0n) is 19.1. The number of hydrogen-bond donors (Lipinski definition) is 1. The van der Waals surface area contributed by atoms with Gasteiger partial charge in [0.25, 0.3) is 5.91 Å². The van der Waals surface area contributed by atoms with Crippen LogP contribution in [0.5, 0.6) is 0 Å². The summed E-state index contributed by atoms with van der Waals surface area (Å²) in [5, 5.41) is 9.57. The second kappa shape index (κ2) is 10.6. The maximum Gasteiger partial charge on any atom is 0.284 e. The number of amides is 1. The maximum atomic E-state index is 13.4. The van der Waals surface area contributed by atoms with Gasteiger partial charge >= 0.3 is 0 Å². The number of hydrogen-bond acceptors (Lipinski definition) is 8. The zero-order chi connectivity index (χ0) is 25.7. The van der Waals surface area contributed by atoms with Crippen molar-refractivity contribution in [1.82, 2.24) is 14.7 Å². The van der Waals surface area contributed by atoms with Gasteiger partial charge in [-0.1, -0.05) is 18.2 Å². The van der Waals surface area contributed by atoms with Crippen molar-refractivity contribution in [3.8, 4) is 6.07 Å². The molecule has 0 atom stereocenters. The molecule has 0 unspecified atom stereocenters. The SMILES string of the molecule is Cc1sc(N(Cc2ccc(F)cc2)c2ccc(C#N)cc2)nc1C(=O)NS(=O)(=O)Cc1cccnc1. The molecule has 0 saturated heterocycles. The first-order valence-corrected chi connectivity index (χ1v) is 13.1. The summed E-state index contributed by atoms with van der Waals surface area (Å²) in [6.07, 6.45) is 2.95. The highest BCUT2D eigenvalue weighted by molar-refractivity contribution is 7.89. The quantitative estimate of drug-likeness (QED) is 0.364. The van der Waals surface area contributed by atoms with Crippen LogP contribution in [0.2, 0.25) is 0 Å². The average Bonchev–Trinajstić information content (AvgIpc) is 3.25. The van der Waals surface area contributed by atoms with Crippen LogP contribution in [-0.2, 0) is 22.3 Å². The van der Waals surface area contributed by atoms with Crippen LogP contribution < -0.4 is 9.62 Å². The van der Waals surface area contributed by atoms with Crippen molar-refractivity contribution in [2.75, 3.05) is 4.90 Å². The molecule has 1 amide bonds. The van der Waals surface area contributed by atoms with Crippen molar-refractivity contribution < 1.29 is 17.6 Å². The molecule has 2 aromatic carbocycles. The van der Waals surface area contributed by atoms with E-state index in [9.17, 15) is 17.6 Å². The molecule has 0 aliphatic carbocycles. The van der Waals surface area contributed by atoms with Gasteiger partial charge in [-0.15, -0.1) is 11.3 Å². The number of pyridine rings is 1. The van der Waals surface area contributed by atoms with Crippen LogP contribution in [0.1, 0.15) is 32.1 Å². The van der Waals surface area contributed by atoms with Crippen LogP contribution in [0.15, 0.2) is 73.1 Å². The van der Waals surface area contributed by atoms with Crippen LogP contribution in [-0.4, -0.2) is 24.3 Å². The fourth-order valence-corrected chi connectivity index (χ4v) is 5.38. The van der Waals surface area contributed by atoms with E-state index < -0.39 is 21.7 Å². The summed E-state index contributed by atoms with van der Waals surface area (Å²) in [5.74, 6) is -1.59. The Morgan fingerprint density at radius 3 is 2.47 bits per heavy atom. The Balaban J connectivity index is 1.62. The van der Waals surface area contributed by atoms with E-state index in [4.69, 9.17) is 5.26 Å². The van der Waals surface area contributed by atoms with Gasteiger partial charge in [-0.25, -0.2) is 22.5 Å². The first-order valence-electron chi connectivity index (χ1n) is 10.7. The number of aryl methyl sites for hydroxylation is 1. The highest BCUT2D eigenvalue weighted by Gasteiger charge is 2.24. The molecule has 182 valence electrons. The molecule has 8 nitrogen and oxygen atoms in total. The highest BCUT2D eigenvalue weighted by atomic mass is 32.2. The van der Waals surface area contributed by atoms with Gasteiger partial charge in [0.05, 0.1) is 23.9 Å². The normalized spacial score (nSPS) is 11.0. The summed E-state index contributed by atoms with van der Waals surface area (Å²) < 4.78 is 40.6. The number of carbonyl (C=O) groups excluding carboxylic acids is 1. The standard InChI is InChI=1S/C25H20FN5O3S2/c1-17-23(24(32)30-36(33,34)16-20-3-2-12-28-14-20)29-25(35-17)31(15-19-4-8-21(26)9-5-19)22-10-6-18(13-27)7-11-22/h2-12,14H,15-16H2,1H3,(H,30,32). The number of anilines is 2. The molecule has 2 heterocycles. The molecule has 4 rings (SSSR count). The minimum absolute atomic E-state index is 0.0116. The zero-order valence-corrected chi connectivity index (χ0v) is 20.7. The number of nitrogens with one attached hydrogen (secondary N) is 1. The number of halogens is 1. The molecule has 0 spiro atoms. The van der Waals surface area contributed by atoms with Gasteiger partial charge in [0, 0.05) is 23.0 Å². The Bertz CT molecular complexity index is 1510. The van der Waals surface area contributed by atoms with E-state index >= 15 is 0 Å². The number of sulfonamides is 1. The van der Waals surface area contributed by atoms with Gasteiger partial charge in [-0.3, -0.25) is 9.78 Å². The Morgan fingerprint density at radius 2 is 1.83 bits per heavy atom. The summed E-state index contributed by atoms with van der Waals surface area (Å²) in [6.45, 7) is 1.98. The molecule has 0 bridgehead atoms. The molecule has 0 fully saturated rings. The highest BCUT2D eigenvalue weighted by Crippen LogP contribution is 2.33. The Hall–Kier alpha value is -4.14. The summed E-state index contributed by atoms with van der Waals surface area (Å²) in [7, 11) is -3.98. The number of aromatic nitrogens is 2. The van der Waals surface area contributed by atoms with Crippen molar-refractivity contribution in [2.24, 2.45) is 0 Å². The summed E-state index contributed by atoms with van der Waals surface area (Å²) >= 11 is 1.22. The fraction of sp³-hybridized carbons (Fsp3) is 0.120. The third-order valence-electron chi connectivity index (χ3n) is 5.12. The number of nitrogens with zero attached hydrogens (tertiary/aromatic N) is 4. The van der Waals surface area contributed by atoms with Gasteiger partial charge in [0.1, 0.15) is 11.5 Å². The fourth-order valence-electron chi connectivity index (χ4n) is 3.39. The van der Waals surface area contributed by atoms with E-state index in [2.05, 4.69) is 20.8 Å².